The molecule has 0 saturated heterocycles. The van der Waals surface area contributed by atoms with E-state index in [0.717, 1.165) is 24.2 Å². The van der Waals surface area contributed by atoms with Gasteiger partial charge in [0.15, 0.2) is 0 Å². The van der Waals surface area contributed by atoms with E-state index < -0.39 is 11.9 Å². The first-order valence-electron chi connectivity index (χ1n) is 6.54. The van der Waals surface area contributed by atoms with Crippen molar-refractivity contribution in [2.24, 2.45) is 0 Å². The number of benzene rings is 2. The molecule has 1 aliphatic rings. The minimum Gasteiger partial charge on any atom is -0.493 e. The first-order valence-corrected chi connectivity index (χ1v) is 6.92. The van der Waals surface area contributed by atoms with E-state index in [1.54, 1.807) is 0 Å². The van der Waals surface area contributed by atoms with Gasteiger partial charge >= 0.3 is 0 Å². The predicted octanol–water partition coefficient (Wildman–Crippen LogP) is 3.89. The van der Waals surface area contributed by atoms with Gasteiger partial charge in [0.05, 0.1) is 11.6 Å². The molecule has 0 radical (unpaired) electrons. The summed E-state index contributed by atoms with van der Waals surface area (Å²) in [5.74, 6) is 0.251. The Morgan fingerprint density at radius 3 is 2.90 bits per heavy atom. The lowest BCUT2D eigenvalue weighted by Gasteiger charge is -2.23. The van der Waals surface area contributed by atoms with E-state index >= 15 is 0 Å². The number of fused-ring (bicyclic) bond motifs is 1. The Morgan fingerprint density at radius 2 is 2.10 bits per heavy atom. The molecular weight excluding hydrogens is 279 g/mol. The van der Waals surface area contributed by atoms with E-state index in [-0.39, 0.29) is 5.02 Å². The highest BCUT2D eigenvalue weighted by Gasteiger charge is 2.21. The molecule has 3 rings (SSSR count). The molecular formula is C16H14ClFO2. The molecule has 1 unspecified atom stereocenters. The summed E-state index contributed by atoms with van der Waals surface area (Å²) >= 11 is 5.77. The van der Waals surface area contributed by atoms with Gasteiger partial charge in [0, 0.05) is 5.56 Å². The van der Waals surface area contributed by atoms with Crippen LogP contribution in [0.25, 0.3) is 0 Å². The SMILES string of the molecule is OC(c1ccc(F)c(Cl)c1)c1cccc2c1OCCC2. The zero-order valence-corrected chi connectivity index (χ0v) is 11.5. The Balaban J connectivity index is 2.02. The molecule has 1 aliphatic heterocycles. The quantitative estimate of drug-likeness (QED) is 0.910. The lowest BCUT2D eigenvalue weighted by molar-refractivity contribution is 0.206. The van der Waals surface area contributed by atoms with E-state index in [9.17, 15) is 9.50 Å². The average molecular weight is 293 g/mol. The maximum atomic E-state index is 13.2. The molecule has 1 atom stereocenters. The summed E-state index contributed by atoms with van der Waals surface area (Å²) in [6.07, 6.45) is 1.05. The third-order valence-electron chi connectivity index (χ3n) is 3.52. The smallest absolute Gasteiger partial charge is 0.141 e. The second kappa shape index (κ2) is 5.43. The van der Waals surface area contributed by atoms with Gasteiger partial charge in [-0.15, -0.1) is 0 Å². The topological polar surface area (TPSA) is 29.5 Å². The lowest BCUT2D eigenvalue weighted by Crippen LogP contribution is -2.12. The van der Waals surface area contributed by atoms with Gasteiger partial charge in [-0.2, -0.15) is 0 Å². The van der Waals surface area contributed by atoms with Gasteiger partial charge in [0.25, 0.3) is 0 Å². The molecule has 2 aromatic carbocycles. The molecule has 0 saturated carbocycles. The molecule has 1 heterocycles. The predicted molar refractivity (Wildman–Crippen MR) is 75.7 cm³/mol. The Morgan fingerprint density at radius 1 is 1.25 bits per heavy atom. The van der Waals surface area contributed by atoms with Crippen LogP contribution in [-0.2, 0) is 6.42 Å². The summed E-state index contributed by atoms with van der Waals surface area (Å²) in [6.45, 7) is 0.654. The average Bonchev–Trinajstić information content (AvgIpc) is 2.49. The molecule has 0 spiro atoms. The van der Waals surface area contributed by atoms with Crippen molar-refractivity contribution in [3.05, 3.63) is 63.9 Å². The highest BCUT2D eigenvalue weighted by Crippen LogP contribution is 2.36. The highest BCUT2D eigenvalue weighted by atomic mass is 35.5. The first-order chi connectivity index (χ1) is 9.66. The Hall–Kier alpha value is -1.58. The van der Waals surface area contributed by atoms with Crippen molar-refractivity contribution in [3.8, 4) is 5.75 Å². The van der Waals surface area contributed by atoms with Crippen LogP contribution in [0.5, 0.6) is 5.75 Å². The van der Waals surface area contributed by atoms with Crippen LogP contribution in [0, 0.1) is 5.82 Å². The monoisotopic (exact) mass is 292 g/mol. The van der Waals surface area contributed by atoms with E-state index in [0.29, 0.717) is 17.7 Å². The summed E-state index contributed by atoms with van der Waals surface area (Å²) in [4.78, 5) is 0. The summed E-state index contributed by atoms with van der Waals surface area (Å²) in [5.41, 5.74) is 2.35. The summed E-state index contributed by atoms with van der Waals surface area (Å²) in [6, 6.07) is 9.97. The van der Waals surface area contributed by atoms with Gasteiger partial charge in [-0.3, -0.25) is 0 Å². The maximum absolute atomic E-state index is 13.2. The van der Waals surface area contributed by atoms with Crippen LogP contribution in [0.4, 0.5) is 4.39 Å². The van der Waals surface area contributed by atoms with Gasteiger partial charge in [-0.25, -0.2) is 4.39 Å². The van der Waals surface area contributed by atoms with Crippen LogP contribution in [0.3, 0.4) is 0 Å². The Bertz CT molecular complexity index is 642. The van der Waals surface area contributed by atoms with Crippen LogP contribution < -0.4 is 4.74 Å². The fraction of sp³-hybridized carbons (Fsp3) is 0.250. The standard InChI is InChI=1S/C16H14ClFO2/c17-13-9-11(6-7-14(13)18)15(19)12-5-1-3-10-4-2-8-20-16(10)12/h1,3,5-7,9,15,19H,2,4,8H2. The molecule has 0 aliphatic carbocycles. The third-order valence-corrected chi connectivity index (χ3v) is 3.81. The van der Waals surface area contributed by atoms with Crippen molar-refractivity contribution < 1.29 is 14.2 Å². The molecule has 1 N–H and O–H groups in total. The molecule has 0 amide bonds. The number of hydrogen-bond donors (Lipinski definition) is 1. The van der Waals surface area contributed by atoms with E-state index in [1.807, 2.05) is 18.2 Å². The Kier molecular flexibility index (Phi) is 3.64. The summed E-state index contributed by atoms with van der Waals surface area (Å²) in [7, 11) is 0. The molecule has 104 valence electrons. The molecule has 20 heavy (non-hydrogen) atoms. The lowest BCUT2D eigenvalue weighted by atomic mass is 9.95. The van der Waals surface area contributed by atoms with Gasteiger partial charge < -0.3 is 9.84 Å². The van der Waals surface area contributed by atoms with Crippen LogP contribution >= 0.6 is 11.6 Å². The fourth-order valence-corrected chi connectivity index (χ4v) is 2.68. The molecule has 0 aromatic heterocycles. The van der Waals surface area contributed by atoms with Crippen molar-refractivity contribution in [1.82, 2.24) is 0 Å². The maximum Gasteiger partial charge on any atom is 0.141 e. The Labute approximate surface area is 121 Å². The van der Waals surface area contributed by atoms with Crippen molar-refractivity contribution in [2.45, 2.75) is 18.9 Å². The van der Waals surface area contributed by atoms with Crippen LogP contribution in [0.15, 0.2) is 36.4 Å². The number of aryl methyl sites for hydroxylation is 1. The van der Waals surface area contributed by atoms with Gasteiger partial charge in [0.1, 0.15) is 17.7 Å². The minimum atomic E-state index is -0.874. The fourth-order valence-electron chi connectivity index (χ4n) is 2.49. The number of ether oxygens (including phenoxy) is 1. The zero-order chi connectivity index (χ0) is 14.1. The van der Waals surface area contributed by atoms with Crippen molar-refractivity contribution in [1.29, 1.82) is 0 Å². The van der Waals surface area contributed by atoms with E-state index in [4.69, 9.17) is 16.3 Å². The number of rotatable bonds is 2. The second-order valence-electron chi connectivity index (χ2n) is 4.86. The summed E-state index contributed by atoms with van der Waals surface area (Å²) < 4.78 is 18.9. The molecule has 2 aromatic rings. The second-order valence-corrected chi connectivity index (χ2v) is 5.27. The number of halogens is 2. The van der Waals surface area contributed by atoms with Crippen molar-refractivity contribution >= 4 is 11.6 Å². The molecule has 0 fully saturated rings. The molecule has 4 heteroatoms. The van der Waals surface area contributed by atoms with Gasteiger partial charge in [-0.1, -0.05) is 35.9 Å². The summed E-state index contributed by atoms with van der Waals surface area (Å²) in [5, 5.41) is 10.5. The molecule has 0 bridgehead atoms. The third kappa shape index (κ3) is 2.39. The highest BCUT2D eigenvalue weighted by molar-refractivity contribution is 6.30. The van der Waals surface area contributed by atoms with Crippen LogP contribution in [-0.4, -0.2) is 11.7 Å². The van der Waals surface area contributed by atoms with Crippen molar-refractivity contribution in [2.75, 3.05) is 6.61 Å². The number of aliphatic hydroxyl groups is 1. The zero-order valence-electron chi connectivity index (χ0n) is 10.8. The van der Waals surface area contributed by atoms with Gasteiger partial charge in [-0.05, 0) is 36.1 Å². The van der Waals surface area contributed by atoms with Gasteiger partial charge in [0.2, 0.25) is 0 Å². The normalized spacial score (nSPS) is 15.3. The number of hydrogen-bond acceptors (Lipinski definition) is 2. The first kappa shape index (κ1) is 13.4. The minimum absolute atomic E-state index is 0.00673. The number of aliphatic hydroxyl groups excluding tert-OH is 1. The molecule has 2 nitrogen and oxygen atoms in total. The van der Waals surface area contributed by atoms with E-state index in [2.05, 4.69) is 0 Å². The van der Waals surface area contributed by atoms with Crippen LogP contribution in [0.2, 0.25) is 5.02 Å². The number of para-hydroxylation sites is 1. The van der Waals surface area contributed by atoms with Crippen molar-refractivity contribution in [3.63, 3.8) is 0 Å². The largest absolute Gasteiger partial charge is 0.493 e. The van der Waals surface area contributed by atoms with E-state index in [1.165, 1.54) is 18.2 Å². The van der Waals surface area contributed by atoms with Crippen LogP contribution in [0.1, 0.15) is 29.2 Å².